The lowest BCUT2D eigenvalue weighted by Gasteiger charge is -2.40. The number of aryl methyl sites for hydroxylation is 1. The standard InChI is InChI=1S/C17H27N3O4S2/c1-14-12-20(13-15(2)24-14)26(22,23)19-9-7-18(8-10-19)17(21)6-5-16-4-3-11-25-16/h3-4,11,14-15H,5-10,12-13H2,1-2H3/t14-,15+. The van der Waals surface area contributed by atoms with Crippen LogP contribution in [0.3, 0.4) is 0 Å². The Morgan fingerprint density at radius 3 is 2.38 bits per heavy atom. The minimum absolute atomic E-state index is 0.101. The summed E-state index contributed by atoms with van der Waals surface area (Å²) >= 11 is 1.66. The van der Waals surface area contributed by atoms with Crippen molar-refractivity contribution < 1.29 is 17.9 Å². The Hall–Kier alpha value is -1.00. The van der Waals surface area contributed by atoms with Gasteiger partial charge in [-0.2, -0.15) is 17.0 Å². The molecule has 0 radical (unpaired) electrons. The van der Waals surface area contributed by atoms with Crippen LogP contribution in [0, 0.1) is 0 Å². The number of carbonyl (C=O) groups is 1. The predicted octanol–water partition coefficient (Wildman–Crippen LogP) is 1.18. The summed E-state index contributed by atoms with van der Waals surface area (Å²) in [6.45, 7) is 6.17. The highest BCUT2D eigenvalue weighted by Gasteiger charge is 2.37. The Bertz CT molecular complexity index is 690. The topological polar surface area (TPSA) is 70.2 Å². The highest BCUT2D eigenvalue weighted by atomic mass is 32.2. The number of morpholine rings is 1. The first kappa shape index (κ1) is 19.8. The van der Waals surface area contributed by atoms with Gasteiger partial charge in [0.15, 0.2) is 0 Å². The molecule has 0 saturated carbocycles. The molecular formula is C17H27N3O4S2. The summed E-state index contributed by atoms with van der Waals surface area (Å²) in [5.41, 5.74) is 0. The van der Waals surface area contributed by atoms with Crippen molar-refractivity contribution in [1.29, 1.82) is 0 Å². The van der Waals surface area contributed by atoms with Gasteiger partial charge in [-0.1, -0.05) is 6.07 Å². The molecule has 146 valence electrons. The van der Waals surface area contributed by atoms with Crippen LogP contribution in [0.4, 0.5) is 0 Å². The largest absolute Gasteiger partial charge is 0.373 e. The van der Waals surface area contributed by atoms with Crippen molar-refractivity contribution in [3.05, 3.63) is 22.4 Å². The van der Waals surface area contributed by atoms with Gasteiger partial charge in [0.1, 0.15) is 0 Å². The van der Waals surface area contributed by atoms with Gasteiger partial charge in [-0.3, -0.25) is 4.79 Å². The fourth-order valence-electron chi connectivity index (χ4n) is 3.49. The summed E-state index contributed by atoms with van der Waals surface area (Å²) < 4.78 is 34.4. The molecule has 1 aromatic heterocycles. The molecule has 0 N–H and O–H groups in total. The van der Waals surface area contributed by atoms with Gasteiger partial charge in [0, 0.05) is 50.6 Å². The molecule has 7 nitrogen and oxygen atoms in total. The number of rotatable bonds is 5. The quantitative estimate of drug-likeness (QED) is 0.743. The van der Waals surface area contributed by atoms with Crippen LogP contribution in [-0.4, -0.2) is 79.3 Å². The number of carbonyl (C=O) groups excluding carboxylic acids is 1. The zero-order chi connectivity index (χ0) is 18.7. The van der Waals surface area contributed by atoms with Gasteiger partial charge in [-0.15, -0.1) is 11.3 Å². The Kier molecular flexibility index (Phi) is 6.34. The average molecular weight is 402 g/mol. The smallest absolute Gasteiger partial charge is 0.282 e. The van der Waals surface area contributed by atoms with E-state index in [4.69, 9.17) is 4.74 Å². The van der Waals surface area contributed by atoms with Crippen LogP contribution in [0.2, 0.25) is 0 Å². The second-order valence-corrected chi connectivity index (χ2v) is 9.90. The number of amides is 1. The summed E-state index contributed by atoms with van der Waals surface area (Å²) in [6.07, 6.45) is 1.02. The van der Waals surface area contributed by atoms with E-state index in [-0.39, 0.29) is 18.1 Å². The van der Waals surface area contributed by atoms with E-state index in [1.165, 1.54) is 13.5 Å². The Balaban J connectivity index is 1.51. The Morgan fingerprint density at radius 1 is 1.15 bits per heavy atom. The minimum Gasteiger partial charge on any atom is -0.373 e. The van der Waals surface area contributed by atoms with E-state index < -0.39 is 10.2 Å². The van der Waals surface area contributed by atoms with Crippen molar-refractivity contribution in [2.24, 2.45) is 0 Å². The zero-order valence-corrected chi connectivity index (χ0v) is 17.0. The summed E-state index contributed by atoms with van der Waals surface area (Å²) in [4.78, 5) is 15.4. The third-order valence-corrected chi connectivity index (χ3v) is 7.70. The maximum absolute atomic E-state index is 12.9. The molecule has 0 bridgehead atoms. The molecule has 3 rings (SSSR count). The van der Waals surface area contributed by atoms with Gasteiger partial charge in [0.25, 0.3) is 10.2 Å². The maximum atomic E-state index is 12.9. The molecule has 0 aliphatic carbocycles. The normalized spacial score (nSPS) is 26.2. The fraction of sp³-hybridized carbons (Fsp3) is 0.706. The molecule has 1 aromatic rings. The van der Waals surface area contributed by atoms with Crippen LogP contribution in [0.1, 0.15) is 25.1 Å². The van der Waals surface area contributed by atoms with Gasteiger partial charge >= 0.3 is 0 Å². The summed E-state index contributed by atoms with van der Waals surface area (Å²) in [5, 5.41) is 2.01. The third-order valence-electron chi connectivity index (χ3n) is 4.80. The van der Waals surface area contributed by atoms with E-state index in [1.807, 2.05) is 31.4 Å². The number of thiophene rings is 1. The summed E-state index contributed by atoms with van der Waals surface area (Å²) in [6, 6.07) is 4.02. The second kappa shape index (κ2) is 8.35. The van der Waals surface area contributed by atoms with Crippen molar-refractivity contribution >= 4 is 27.5 Å². The number of piperazine rings is 1. The summed E-state index contributed by atoms with van der Waals surface area (Å²) in [5.74, 6) is 0.101. The fourth-order valence-corrected chi connectivity index (χ4v) is 5.95. The summed E-state index contributed by atoms with van der Waals surface area (Å²) in [7, 11) is -3.50. The SMILES string of the molecule is C[C@@H]1CN(S(=O)(=O)N2CCN(C(=O)CCc3cccs3)CC2)C[C@H](C)O1. The van der Waals surface area contributed by atoms with E-state index >= 15 is 0 Å². The molecule has 2 aliphatic heterocycles. The highest BCUT2D eigenvalue weighted by Crippen LogP contribution is 2.19. The second-order valence-electron chi connectivity index (χ2n) is 6.94. The van der Waals surface area contributed by atoms with Crippen LogP contribution in [0.25, 0.3) is 0 Å². The highest BCUT2D eigenvalue weighted by molar-refractivity contribution is 7.86. The van der Waals surface area contributed by atoms with Crippen molar-refractivity contribution in [3.63, 3.8) is 0 Å². The number of nitrogens with zero attached hydrogens (tertiary/aromatic N) is 3. The molecule has 3 heterocycles. The molecule has 0 spiro atoms. The number of ether oxygens (including phenoxy) is 1. The molecule has 0 unspecified atom stereocenters. The average Bonchev–Trinajstić information content (AvgIpc) is 3.12. The molecule has 0 aromatic carbocycles. The first-order valence-electron chi connectivity index (χ1n) is 9.07. The maximum Gasteiger partial charge on any atom is 0.282 e. The molecule has 26 heavy (non-hydrogen) atoms. The Morgan fingerprint density at radius 2 is 1.81 bits per heavy atom. The molecule has 2 saturated heterocycles. The monoisotopic (exact) mass is 401 g/mol. The van der Waals surface area contributed by atoms with Crippen LogP contribution in [-0.2, 0) is 26.2 Å². The molecule has 2 fully saturated rings. The van der Waals surface area contributed by atoms with E-state index in [1.54, 1.807) is 16.2 Å². The van der Waals surface area contributed by atoms with Crippen molar-refractivity contribution in [2.75, 3.05) is 39.3 Å². The lowest BCUT2D eigenvalue weighted by Crippen LogP contribution is -2.57. The Labute approximate surface area is 159 Å². The lowest BCUT2D eigenvalue weighted by molar-refractivity contribution is -0.132. The minimum atomic E-state index is -3.50. The van der Waals surface area contributed by atoms with E-state index in [9.17, 15) is 13.2 Å². The van der Waals surface area contributed by atoms with Gasteiger partial charge < -0.3 is 9.64 Å². The van der Waals surface area contributed by atoms with E-state index in [0.29, 0.717) is 45.7 Å². The van der Waals surface area contributed by atoms with Crippen LogP contribution in [0.15, 0.2) is 17.5 Å². The molecule has 2 aliphatic rings. The van der Waals surface area contributed by atoms with E-state index in [2.05, 4.69) is 0 Å². The van der Waals surface area contributed by atoms with Crippen molar-refractivity contribution in [1.82, 2.24) is 13.5 Å². The number of hydrogen-bond donors (Lipinski definition) is 0. The lowest BCUT2D eigenvalue weighted by atomic mass is 10.2. The zero-order valence-electron chi connectivity index (χ0n) is 15.3. The number of hydrogen-bond acceptors (Lipinski definition) is 5. The van der Waals surface area contributed by atoms with Gasteiger partial charge in [0.2, 0.25) is 5.91 Å². The molecule has 2 atom stereocenters. The van der Waals surface area contributed by atoms with Gasteiger partial charge in [-0.25, -0.2) is 0 Å². The first-order valence-corrected chi connectivity index (χ1v) is 11.3. The predicted molar refractivity (Wildman–Crippen MR) is 101 cm³/mol. The van der Waals surface area contributed by atoms with Crippen LogP contribution in [0.5, 0.6) is 0 Å². The first-order chi connectivity index (χ1) is 12.4. The van der Waals surface area contributed by atoms with Crippen LogP contribution < -0.4 is 0 Å². The van der Waals surface area contributed by atoms with Crippen molar-refractivity contribution in [3.8, 4) is 0 Å². The molecule has 9 heteroatoms. The van der Waals surface area contributed by atoms with Gasteiger partial charge in [0.05, 0.1) is 12.2 Å². The van der Waals surface area contributed by atoms with Gasteiger partial charge in [-0.05, 0) is 31.7 Å². The third kappa shape index (κ3) is 4.64. The van der Waals surface area contributed by atoms with E-state index in [0.717, 1.165) is 6.42 Å². The van der Waals surface area contributed by atoms with Crippen LogP contribution >= 0.6 is 11.3 Å². The molecule has 1 amide bonds. The van der Waals surface area contributed by atoms with Crippen molar-refractivity contribution in [2.45, 2.75) is 38.9 Å². The molecular weight excluding hydrogens is 374 g/mol.